The van der Waals surface area contributed by atoms with Crippen LogP contribution in [0.25, 0.3) is 0 Å². The van der Waals surface area contributed by atoms with Crippen LogP contribution >= 0.6 is 0 Å². The first kappa shape index (κ1) is 18.8. The third-order valence-electron chi connectivity index (χ3n) is 5.40. The lowest BCUT2D eigenvalue weighted by Gasteiger charge is -2.36. The van der Waals surface area contributed by atoms with E-state index >= 15 is 0 Å². The van der Waals surface area contributed by atoms with Crippen molar-refractivity contribution in [1.29, 1.82) is 0 Å². The van der Waals surface area contributed by atoms with E-state index in [9.17, 15) is 15.0 Å². The van der Waals surface area contributed by atoms with Crippen molar-refractivity contribution in [1.82, 2.24) is 0 Å². The van der Waals surface area contributed by atoms with Crippen LogP contribution in [0.1, 0.15) is 90.3 Å². The topological polar surface area (TPSA) is 57.5 Å². The summed E-state index contributed by atoms with van der Waals surface area (Å²) < 4.78 is 0. The van der Waals surface area contributed by atoms with Crippen LogP contribution in [0, 0.1) is 0 Å². The van der Waals surface area contributed by atoms with Gasteiger partial charge in [0, 0.05) is 0 Å². The monoisotopic (exact) mass is 332 g/mol. The Morgan fingerprint density at radius 2 is 1.33 bits per heavy atom. The molecule has 1 aliphatic carbocycles. The molecule has 3 nitrogen and oxygen atoms in total. The van der Waals surface area contributed by atoms with E-state index in [1.807, 2.05) is 12.1 Å². The van der Waals surface area contributed by atoms with Crippen molar-refractivity contribution >= 4 is 5.97 Å². The van der Waals surface area contributed by atoms with Crippen molar-refractivity contribution < 1.29 is 15.0 Å². The van der Waals surface area contributed by atoms with Gasteiger partial charge in [0.1, 0.15) is 5.75 Å². The van der Waals surface area contributed by atoms with Gasteiger partial charge >= 0.3 is 5.97 Å². The quantitative estimate of drug-likeness (QED) is 0.775. The molecule has 24 heavy (non-hydrogen) atoms. The van der Waals surface area contributed by atoms with Gasteiger partial charge in [-0.2, -0.15) is 0 Å². The molecule has 1 aromatic carbocycles. The molecule has 2 N–H and O–H groups in total. The average molecular weight is 332 g/mol. The lowest BCUT2D eigenvalue weighted by Crippen LogP contribution is -2.38. The van der Waals surface area contributed by atoms with Crippen molar-refractivity contribution in [3.05, 3.63) is 28.8 Å². The number of rotatable bonds is 2. The molecule has 2 rings (SSSR count). The molecule has 0 atom stereocenters. The molecule has 1 saturated carbocycles. The number of carboxylic acids is 1. The fraction of sp³-hybridized carbons (Fsp3) is 0.667. The molecule has 134 valence electrons. The third kappa shape index (κ3) is 3.31. The average Bonchev–Trinajstić information content (AvgIpc) is 2.45. The first-order chi connectivity index (χ1) is 10.9. The summed E-state index contributed by atoms with van der Waals surface area (Å²) in [6.07, 6.45) is 4.36. The number of carbonyl (C=O) groups is 1. The van der Waals surface area contributed by atoms with Gasteiger partial charge in [-0.1, -0.05) is 72.9 Å². The second-order valence-corrected chi connectivity index (χ2v) is 9.37. The summed E-state index contributed by atoms with van der Waals surface area (Å²) in [5.41, 5.74) is 1.25. The summed E-state index contributed by atoms with van der Waals surface area (Å²) in [6.45, 7) is 12.4. The Balaban J connectivity index is 2.76. The van der Waals surface area contributed by atoms with Crippen LogP contribution in [0.5, 0.6) is 5.75 Å². The van der Waals surface area contributed by atoms with Gasteiger partial charge in [0.05, 0.1) is 5.41 Å². The van der Waals surface area contributed by atoms with E-state index in [0.29, 0.717) is 18.6 Å². The SMILES string of the molecule is CC(C)(C)c1cc(C2(C(=O)O)CCCCC2)cc(C(C)(C)C)c1O. The molecule has 1 fully saturated rings. The minimum atomic E-state index is -0.814. The Morgan fingerprint density at radius 3 is 1.67 bits per heavy atom. The predicted octanol–water partition coefficient (Wildman–Crippen LogP) is 5.27. The molecule has 1 aliphatic rings. The molecule has 0 bridgehead atoms. The Bertz CT molecular complexity index is 588. The minimum absolute atomic E-state index is 0.242. The number of hydrogen-bond donors (Lipinski definition) is 2. The van der Waals surface area contributed by atoms with Crippen LogP contribution in [0.2, 0.25) is 0 Å². The standard InChI is InChI=1S/C21H32O3/c1-19(2,3)15-12-14(13-16(17(15)22)20(4,5)6)21(18(23)24)10-8-7-9-11-21/h12-13,22H,7-11H2,1-6H3,(H,23,24). The lowest BCUT2D eigenvalue weighted by molar-refractivity contribution is -0.145. The highest BCUT2D eigenvalue weighted by Gasteiger charge is 2.43. The summed E-state index contributed by atoms with van der Waals surface area (Å²) in [5.74, 6) is -0.414. The minimum Gasteiger partial charge on any atom is -0.507 e. The number of aliphatic carboxylic acids is 1. The predicted molar refractivity (Wildman–Crippen MR) is 97.9 cm³/mol. The van der Waals surface area contributed by atoms with Crippen molar-refractivity contribution in [2.45, 2.75) is 89.9 Å². The van der Waals surface area contributed by atoms with Crippen LogP contribution in [-0.2, 0) is 21.0 Å². The zero-order valence-corrected chi connectivity index (χ0v) is 16.0. The van der Waals surface area contributed by atoms with Crippen LogP contribution in [0.4, 0.5) is 0 Å². The van der Waals surface area contributed by atoms with Gasteiger partial charge in [-0.15, -0.1) is 0 Å². The number of carboxylic acid groups (broad SMARTS) is 1. The Kier molecular flexibility index (Phi) is 4.78. The lowest BCUT2D eigenvalue weighted by atomic mass is 9.67. The summed E-state index contributed by atoms with van der Waals surface area (Å²) in [6, 6.07) is 3.90. The second kappa shape index (κ2) is 6.09. The van der Waals surface area contributed by atoms with E-state index < -0.39 is 11.4 Å². The van der Waals surface area contributed by atoms with Crippen molar-refractivity contribution in [3.63, 3.8) is 0 Å². The highest BCUT2D eigenvalue weighted by atomic mass is 16.4. The Hall–Kier alpha value is -1.51. The van der Waals surface area contributed by atoms with E-state index in [0.717, 1.165) is 36.0 Å². The van der Waals surface area contributed by atoms with Gasteiger partial charge in [0.2, 0.25) is 0 Å². The zero-order valence-electron chi connectivity index (χ0n) is 16.0. The summed E-state index contributed by atoms with van der Waals surface area (Å²) in [7, 11) is 0. The number of hydrogen-bond acceptors (Lipinski definition) is 2. The molecule has 0 unspecified atom stereocenters. The maximum Gasteiger partial charge on any atom is 0.314 e. The zero-order chi connectivity index (χ0) is 18.3. The molecule has 0 aliphatic heterocycles. The van der Waals surface area contributed by atoms with Crippen LogP contribution in [0.3, 0.4) is 0 Å². The molecule has 0 radical (unpaired) electrons. The smallest absolute Gasteiger partial charge is 0.314 e. The summed E-state index contributed by atoms with van der Waals surface area (Å²) >= 11 is 0. The van der Waals surface area contributed by atoms with Gasteiger partial charge < -0.3 is 10.2 Å². The third-order valence-corrected chi connectivity index (χ3v) is 5.40. The molecular weight excluding hydrogens is 300 g/mol. The Labute approximate surface area is 146 Å². The van der Waals surface area contributed by atoms with Crippen molar-refractivity contribution in [2.24, 2.45) is 0 Å². The van der Waals surface area contributed by atoms with Crippen molar-refractivity contribution in [2.75, 3.05) is 0 Å². The number of phenols is 1. The largest absolute Gasteiger partial charge is 0.507 e. The van der Waals surface area contributed by atoms with Gasteiger partial charge in [-0.05, 0) is 40.4 Å². The first-order valence-corrected chi connectivity index (χ1v) is 9.01. The van der Waals surface area contributed by atoms with Gasteiger partial charge in [-0.25, -0.2) is 0 Å². The van der Waals surface area contributed by atoms with Crippen molar-refractivity contribution in [3.8, 4) is 5.75 Å². The highest BCUT2D eigenvalue weighted by molar-refractivity contribution is 5.82. The van der Waals surface area contributed by atoms with Gasteiger partial charge in [0.25, 0.3) is 0 Å². The fourth-order valence-electron chi connectivity index (χ4n) is 3.84. The molecule has 0 heterocycles. The second-order valence-electron chi connectivity index (χ2n) is 9.37. The van der Waals surface area contributed by atoms with Crippen LogP contribution in [0.15, 0.2) is 12.1 Å². The molecule has 0 aromatic heterocycles. The van der Waals surface area contributed by atoms with E-state index in [2.05, 4.69) is 41.5 Å². The Morgan fingerprint density at radius 1 is 0.917 bits per heavy atom. The highest BCUT2D eigenvalue weighted by Crippen LogP contribution is 2.46. The maximum absolute atomic E-state index is 12.2. The molecule has 1 aromatic rings. The summed E-state index contributed by atoms with van der Waals surface area (Å²) in [4.78, 5) is 12.2. The number of phenolic OH excluding ortho intramolecular Hbond substituents is 1. The molecule has 3 heteroatoms. The first-order valence-electron chi connectivity index (χ1n) is 9.01. The number of benzene rings is 1. The van der Waals surface area contributed by atoms with Gasteiger partial charge in [0.15, 0.2) is 0 Å². The van der Waals surface area contributed by atoms with E-state index in [4.69, 9.17) is 0 Å². The normalized spacial score (nSPS) is 18.4. The van der Waals surface area contributed by atoms with E-state index in [-0.39, 0.29) is 10.8 Å². The van der Waals surface area contributed by atoms with Crippen LogP contribution in [-0.4, -0.2) is 16.2 Å². The van der Waals surface area contributed by atoms with E-state index in [1.54, 1.807) is 0 Å². The number of aromatic hydroxyl groups is 1. The fourth-order valence-corrected chi connectivity index (χ4v) is 3.84. The van der Waals surface area contributed by atoms with E-state index in [1.165, 1.54) is 0 Å². The molecule has 0 amide bonds. The molecular formula is C21H32O3. The van der Waals surface area contributed by atoms with Gasteiger partial charge in [-0.3, -0.25) is 4.79 Å². The summed E-state index contributed by atoms with van der Waals surface area (Å²) in [5, 5.41) is 20.9. The molecule has 0 saturated heterocycles. The maximum atomic E-state index is 12.2. The van der Waals surface area contributed by atoms with Crippen LogP contribution < -0.4 is 0 Å². The molecule has 0 spiro atoms.